The van der Waals surface area contributed by atoms with Gasteiger partial charge < -0.3 is 15.2 Å². The SMILES string of the molecule is COCCN(CCOc1ccccc1[N+](=O)[O-])C(C)C(N)=O. The van der Waals surface area contributed by atoms with Crippen LogP contribution in [0.25, 0.3) is 0 Å². The van der Waals surface area contributed by atoms with E-state index in [4.69, 9.17) is 15.2 Å². The van der Waals surface area contributed by atoms with Gasteiger partial charge >= 0.3 is 5.69 Å². The summed E-state index contributed by atoms with van der Waals surface area (Å²) in [7, 11) is 1.57. The van der Waals surface area contributed by atoms with Crippen LogP contribution in [0.3, 0.4) is 0 Å². The zero-order chi connectivity index (χ0) is 16.5. The molecule has 0 aliphatic rings. The number of hydrogen-bond acceptors (Lipinski definition) is 6. The Balaban J connectivity index is 2.62. The molecule has 8 heteroatoms. The van der Waals surface area contributed by atoms with E-state index < -0.39 is 16.9 Å². The molecule has 0 saturated carbocycles. The van der Waals surface area contributed by atoms with Crippen LogP contribution >= 0.6 is 0 Å². The van der Waals surface area contributed by atoms with Crippen LogP contribution in [0.5, 0.6) is 5.75 Å². The quantitative estimate of drug-likeness (QED) is 0.505. The van der Waals surface area contributed by atoms with E-state index in [0.29, 0.717) is 19.7 Å². The molecular formula is C14H21N3O5. The summed E-state index contributed by atoms with van der Waals surface area (Å²) < 4.78 is 10.5. The summed E-state index contributed by atoms with van der Waals surface area (Å²) in [5.41, 5.74) is 5.21. The number of methoxy groups -OCH3 is 1. The number of nitro groups is 1. The lowest BCUT2D eigenvalue weighted by atomic mass is 10.2. The first-order valence-corrected chi connectivity index (χ1v) is 6.86. The third-order valence-electron chi connectivity index (χ3n) is 3.24. The predicted octanol–water partition coefficient (Wildman–Crippen LogP) is 0.796. The first-order valence-electron chi connectivity index (χ1n) is 6.86. The smallest absolute Gasteiger partial charge is 0.310 e. The average molecular weight is 311 g/mol. The fourth-order valence-corrected chi connectivity index (χ4v) is 1.89. The maximum absolute atomic E-state index is 11.3. The minimum absolute atomic E-state index is 0.0890. The molecule has 0 heterocycles. The van der Waals surface area contributed by atoms with Gasteiger partial charge in [0.2, 0.25) is 5.91 Å². The van der Waals surface area contributed by atoms with Crippen molar-refractivity contribution in [3.63, 3.8) is 0 Å². The second kappa shape index (κ2) is 8.96. The third kappa shape index (κ3) is 5.30. The molecule has 1 atom stereocenters. The zero-order valence-corrected chi connectivity index (χ0v) is 12.7. The summed E-state index contributed by atoms with van der Waals surface area (Å²) in [5.74, 6) is -0.243. The summed E-state index contributed by atoms with van der Waals surface area (Å²) in [4.78, 5) is 23.5. The number of nitrogens with two attached hydrogens (primary N) is 1. The fourth-order valence-electron chi connectivity index (χ4n) is 1.89. The van der Waals surface area contributed by atoms with E-state index in [1.54, 1.807) is 31.1 Å². The Hall–Kier alpha value is -2.19. The van der Waals surface area contributed by atoms with E-state index in [9.17, 15) is 14.9 Å². The van der Waals surface area contributed by atoms with E-state index in [2.05, 4.69) is 0 Å². The van der Waals surface area contributed by atoms with Crippen LogP contribution in [0.2, 0.25) is 0 Å². The molecule has 22 heavy (non-hydrogen) atoms. The van der Waals surface area contributed by atoms with Crippen molar-refractivity contribution >= 4 is 11.6 Å². The molecule has 1 unspecified atom stereocenters. The molecule has 0 fully saturated rings. The highest BCUT2D eigenvalue weighted by Crippen LogP contribution is 2.25. The highest BCUT2D eigenvalue weighted by atomic mass is 16.6. The van der Waals surface area contributed by atoms with Crippen molar-refractivity contribution in [2.45, 2.75) is 13.0 Å². The van der Waals surface area contributed by atoms with Crippen molar-refractivity contribution in [2.24, 2.45) is 5.73 Å². The number of para-hydroxylation sites is 2. The molecular weight excluding hydrogens is 290 g/mol. The van der Waals surface area contributed by atoms with Crippen LogP contribution < -0.4 is 10.5 Å². The summed E-state index contributed by atoms with van der Waals surface area (Å²) in [6, 6.07) is 5.69. The first kappa shape index (κ1) is 17.9. The van der Waals surface area contributed by atoms with Gasteiger partial charge in [-0.2, -0.15) is 0 Å². The van der Waals surface area contributed by atoms with Gasteiger partial charge in [0.15, 0.2) is 5.75 Å². The van der Waals surface area contributed by atoms with Crippen LogP contribution in [0.1, 0.15) is 6.92 Å². The van der Waals surface area contributed by atoms with Gasteiger partial charge in [-0.15, -0.1) is 0 Å². The molecule has 0 bridgehead atoms. The minimum Gasteiger partial charge on any atom is -0.485 e. The van der Waals surface area contributed by atoms with Gasteiger partial charge in [0.05, 0.1) is 17.6 Å². The number of primary amides is 1. The second-order valence-corrected chi connectivity index (χ2v) is 4.68. The van der Waals surface area contributed by atoms with E-state index >= 15 is 0 Å². The molecule has 0 radical (unpaired) electrons. The summed E-state index contributed by atoms with van der Waals surface area (Å²) >= 11 is 0. The largest absolute Gasteiger partial charge is 0.485 e. The highest BCUT2D eigenvalue weighted by molar-refractivity contribution is 5.79. The number of benzene rings is 1. The van der Waals surface area contributed by atoms with E-state index in [-0.39, 0.29) is 18.0 Å². The van der Waals surface area contributed by atoms with Gasteiger partial charge in [-0.05, 0) is 13.0 Å². The van der Waals surface area contributed by atoms with Crippen LogP contribution in [0, 0.1) is 10.1 Å². The van der Waals surface area contributed by atoms with Crippen molar-refractivity contribution in [3.8, 4) is 5.75 Å². The molecule has 1 aromatic carbocycles. The van der Waals surface area contributed by atoms with Gasteiger partial charge in [-0.1, -0.05) is 12.1 Å². The normalized spacial score (nSPS) is 12.1. The maximum atomic E-state index is 11.3. The van der Waals surface area contributed by atoms with Crippen molar-refractivity contribution < 1.29 is 19.2 Å². The topological polar surface area (TPSA) is 108 Å². The maximum Gasteiger partial charge on any atom is 0.310 e. The zero-order valence-electron chi connectivity index (χ0n) is 12.7. The predicted molar refractivity (Wildman–Crippen MR) is 80.7 cm³/mol. The summed E-state index contributed by atoms with van der Waals surface area (Å²) in [6.45, 7) is 3.26. The fraction of sp³-hybridized carbons (Fsp3) is 0.500. The van der Waals surface area contributed by atoms with E-state index in [1.807, 2.05) is 0 Å². The minimum atomic E-state index is -0.496. The number of nitro benzene ring substituents is 1. The Morgan fingerprint density at radius 2 is 2.00 bits per heavy atom. The number of carbonyl (C=O) groups excluding carboxylic acids is 1. The Kier molecular flexibility index (Phi) is 7.27. The van der Waals surface area contributed by atoms with Crippen LogP contribution in [-0.4, -0.2) is 55.2 Å². The van der Waals surface area contributed by atoms with E-state index in [0.717, 1.165) is 0 Å². The van der Waals surface area contributed by atoms with Crippen molar-refractivity contribution in [3.05, 3.63) is 34.4 Å². The Morgan fingerprint density at radius 3 is 2.59 bits per heavy atom. The molecule has 0 spiro atoms. The molecule has 122 valence electrons. The number of ether oxygens (including phenoxy) is 2. The highest BCUT2D eigenvalue weighted by Gasteiger charge is 2.19. The Morgan fingerprint density at radius 1 is 1.36 bits per heavy atom. The Labute approximate surface area is 128 Å². The van der Waals surface area contributed by atoms with Crippen LogP contribution in [0.4, 0.5) is 5.69 Å². The summed E-state index contributed by atoms with van der Waals surface area (Å²) in [5, 5.41) is 10.9. The van der Waals surface area contributed by atoms with Crippen LogP contribution in [0.15, 0.2) is 24.3 Å². The van der Waals surface area contributed by atoms with Gasteiger partial charge in [-0.3, -0.25) is 19.8 Å². The average Bonchev–Trinajstić information content (AvgIpc) is 2.50. The van der Waals surface area contributed by atoms with Crippen molar-refractivity contribution in [2.75, 3.05) is 33.4 Å². The number of nitrogens with zero attached hydrogens (tertiary/aromatic N) is 2. The molecule has 0 aromatic heterocycles. The molecule has 1 rings (SSSR count). The molecule has 0 aliphatic heterocycles. The van der Waals surface area contributed by atoms with Gasteiger partial charge in [-0.25, -0.2) is 0 Å². The van der Waals surface area contributed by atoms with Crippen molar-refractivity contribution in [1.29, 1.82) is 0 Å². The summed E-state index contributed by atoms with van der Waals surface area (Å²) in [6.07, 6.45) is 0. The molecule has 0 aliphatic carbocycles. The van der Waals surface area contributed by atoms with Crippen molar-refractivity contribution in [1.82, 2.24) is 4.90 Å². The number of carbonyl (C=O) groups is 1. The first-order chi connectivity index (χ1) is 10.5. The third-order valence-corrected chi connectivity index (χ3v) is 3.24. The van der Waals surface area contributed by atoms with Gasteiger partial charge in [0.25, 0.3) is 0 Å². The molecule has 1 amide bonds. The lowest BCUT2D eigenvalue weighted by Gasteiger charge is -2.26. The molecule has 2 N–H and O–H groups in total. The molecule has 1 aromatic rings. The molecule has 0 saturated heterocycles. The number of amides is 1. The lowest BCUT2D eigenvalue weighted by Crippen LogP contribution is -2.45. The lowest BCUT2D eigenvalue weighted by molar-refractivity contribution is -0.385. The van der Waals surface area contributed by atoms with Gasteiger partial charge in [0, 0.05) is 26.3 Å². The van der Waals surface area contributed by atoms with E-state index in [1.165, 1.54) is 12.1 Å². The standard InChI is InChI=1S/C14H21N3O5/c1-11(14(15)18)16(7-9-21-2)8-10-22-13-6-4-3-5-12(13)17(19)20/h3-6,11H,7-10H2,1-2H3,(H2,15,18). The van der Waals surface area contributed by atoms with Gasteiger partial charge in [0.1, 0.15) is 6.61 Å². The number of rotatable bonds is 10. The molecule has 8 nitrogen and oxygen atoms in total. The Bertz CT molecular complexity index is 509. The monoisotopic (exact) mass is 311 g/mol. The van der Waals surface area contributed by atoms with Crippen LogP contribution in [-0.2, 0) is 9.53 Å². The second-order valence-electron chi connectivity index (χ2n) is 4.68. The number of hydrogen-bond donors (Lipinski definition) is 1.